The highest BCUT2D eigenvalue weighted by Gasteiger charge is 2.25. The number of benzene rings is 1. The van der Waals surface area contributed by atoms with Crippen molar-refractivity contribution in [1.82, 2.24) is 9.97 Å². The van der Waals surface area contributed by atoms with Gasteiger partial charge in [0, 0.05) is 11.8 Å². The van der Waals surface area contributed by atoms with Gasteiger partial charge in [-0.2, -0.15) is 0 Å². The number of aromatic nitrogens is 2. The van der Waals surface area contributed by atoms with E-state index in [1.54, 1.807) is 6.20 Å². The van der Waals surface area contributed by atoms with Gasteiger partial charge in [-0.05, 0) is 26.3 Å². The standard InChI is InChI=1S/C16H16N2O2/c1-10-14(11(2)19)9-17-16(18-10)13-7-8-20-15-6-4-3-5-12(13)15/h3-6,9,13H,7-8H2,1-2H3. The van der Waals surface area contributed by atoms with Crippen LogP contribution >= 0.6 is 0 Å². The smallest absolute Gasteiger partial charge is 0.163 e. The van der Waals surface area contributed by atoms with E-state index in [1.165, 1.54) is 6.92 Å². The highest BCUT2D eigenvalue weighted by atomic mass is 16.5. The fraction of sp³-hybridized carbons (Fsp3) is 0.312. The molecule has 0 saturated heterocycles. The molecule has 0 amide bonds. The first kappa shape index (κ1) is 12.8. The van der Waals surface area contributed by atoms with Crippen molar-refractivity contribution in [2.24, 2.45) is 0 Å². The summed E-state index contributed by atoms with van der Waals surface area (Å²) in [7, 11) is 0. The molecule has 20 heavy (non-hydrogen) atoms. The van der Waals surface area contributed by atoms with Crippen molar-refractivity contribution >= 4 is 5.78 Å². The number of ketones is 1. The van der Waals surface area contributed by atoms with Gasteiger partial charge >= 0.3 is 0 Å². The SMILES string of the molecule is CC(=O)c1cnc(C2CCOc3ccccc32)nc1C. The average molecular weight is 268 g/mol. The van der Waals surface area contributed by atoms with Crippen LogP contribution in [0.15, 0.2) is 30.5 Å². The Labute approximate surface area is 117 Å². The topological polar surface area (TPSA) is 52.1 Å². The molecule has 0 bridgehead atoms. The van der Waals surface area contributed by atoms with Gasteiger partial charge in [-0.3, -0.25) is 4.79 Å². The van der Waals surface area contributed by atoms with Gasteiger partial charge in [-0.1, -0.05) is 18.2 Å². The molecule has 1 unspecified atom stereocenters. The van der Waals surface area contributed by atoms with Gasteiger partial charge in [0.15, 0.2) is 5.78 Å². The van der Waals surface area contributed by atoms with Crippen molar-refractivity contribution in [1.29, 1.82) is 0 Å². The van der Waals surface area contributed by atoms with Gasteiger partial charge in [0.25, 0.3) is 0 Å². The number of ether oxygens (including phenoxy) is 1. The van der Waals surface area contributed by atoms with Crippen molar-refractivity contribution in [3.05, 3.63) is 53.1 Å². The summed E-state index contributed by atoms with van der Waals surface area (Å²) in [6.07, 6.45) is 2.49. The zero-order chi connectivity index (χ0) is 14.1. The van der Waals surface area contributed by atoms with Crippen LogP contribution in [-0.2, 0) is 0 Å². The molecule has 1 aliphatic heterocycles. The van der Waals surface area contributed by atoms with Gasteiger partial charge in [0.2, 0.25) is 0 Å². The first-order valence-corrected chi connectivity index (χ1v) is 6.73. The molecule has 4 nitrogen and oxygen atoms in total. The van der Waals surface area contributed by atoms with E-state index < -0.39 is 0 Å². The summed E-state index contributed by atoms with van der Waals surface area (Å²) in [5.41, 5.74) is 2.45. The van der Waals surface area contributed by atoms with Crippen LogP contribution in [-0.4, -0.2) is 22.4 Å². The Morgan fingerprint density at radius 2 is 2.15 bits per heavy atom. The Morgan fingerprint density at radius 1 is 1.35 bits per heavy atom. The summed E-state index contributed by atoms with van der Waals surface area (Å²) in [5, 5.41) is 0. The molecule has 0 fully saturated rings. The number of hydrogen-bond acceptors (Lipinski definition) is 4. The maximum absolute atomic E-state index is 11.5. The molecule has 0 N–H and O–H groups in total. The second-order valence-electron chi connectivity index (χ2n) is 5.01. The quantitative estimate of drug-likeness (QED) is 0.786. The number of rotatable bonds is 2. The molecule has 1 aromatic heterocycles. The third kappa shape index (κ3) is 2.18. The van der Waals surface area contributed by atoms with Crippen LogP contribution in [0.3, 0.4) is 0 Å². The maximum Gasteiger partial charge on any atom is 0.163 e. The van der Waals surface area contributed by atoms with E-state index in [-0.39, 0.29) is 11.7 Å². The number of para-hydroxylation sites is 1. The Hall–Kier alpha value is -2.23. The van der Waals surface area contributed by atoms with Gasteiger partial charge in [-0.15, -0.1) is 0 Å². The minimum atomic E-state index is 0.00132. The number of hydrogen-bond donors (Lipinski definition) is 0. The van der Waals surface area contributed by atoms with Crippen LogP contribution in [0.2, 0.25) is 0 Å². The fourth-order valence-corrected chi connectivity index (χ4v) is 2.61. The lowest BCUT2D eigenvalue weighted by molar-refractivity contribution is 0.101. The van der Waals surface area contributed by atoms with Crippen molar-refractivity contribution in [2.75, 3.05) is 6.61 Å². The van der Waals surface area contributed by atoms with E-state index in [0.29, 0.717) is 12.2 Å². The molecule has 2 aromatic rings. The molecule has 1 aromatic carbocycles. The molecular formula is C16H16N2O2. The van der Waals surface area contributed by atoms with Crippen LogP contribution in [0.1, 0.15) is 46.7 Å². The van der Waals surface area contributed by atoms with E-state index >= 15 is 0 Å². The first-order chi connectivity index (χ1) is 9.66. The number of aryl methyl sites for hydroxylation is 1. The molecule has 2 heterocycles. The van der Waals surface area contributed by atoms with E-state index in [4.69, 9.17) is 4.74 Å². The lowest BCUT2D eigenvalue weighted by atomic mass is 9.92. The van der Waals surface area contributed by atoms with Crippen LogP contribution in [0.4, 0.5) is 0 Å². The number of fused-ring (bicyclic) bond motifs is 1. The Bertz CT molecular complexity index is 667. The van der Waals surface area contributed by atoms with Crippen molar-refractivity contribution in [3.63, 3.8) is 0 Å². The second kappa shape index (κ2) is 5.04. The van der Waals surface area contributed by atoms with Gasteiger partial charge in [0.1, 0.15) is 11.6 Å². The van der Waals surface area contributed by atoms with E-state index in [1.807, 2.05) is 25.1 Å². The molecule has 1 aliphatic rings. The largest absolute Gasteiger partial charge is 0.493 e. The normalized spacial score (nSPS) is 17.2. The van der Waals surface area contributed by atoms with Crippen molar-refractivity contribution < 1.29 is 9.53 Å². The minimum absolute atomic E-state index is 0.00132. The van der Waals surface area contributed by atoms with Crippen molar-refractivity contribution in [3.8, 4) is 5.75 Å². The molecule has 0 saturated carbocycles. The summed E-state index contributed by atoms with van der Waals surface area (Å²) in [6, 6.07) is 7.98. The lowest BCUT2D eigenvalue weighted by Crippen LogP contribution is -2.18. The zero-order valence-electron chi connectivity index (χ0n) is 11.6. The van der Waals surface area contributed by atoms with Gasteiger partial charge < -0.3 is 4.74 Å². The first-order valence-electron chi connectivity index (χ1n) is 6.73. The minimum Gasteiger partial charge on any atom is -0.493 e. The predicted molar refractivity (Wildman–Crippen MR) is 75.2 cm³/mol. The van der Waals surface area contributed by atoms with Crippen LogP contribution in [0.5, 0.6) is 5.75 Å². The van der Waals surface area contributed by atoms with Crippen LogP contribution < -0.4 is 4.74 Å². The Kier molecular flexibility index (Phi) is 3.22. The van der Waals surface area contributed by atoms with Crippen LogP contribution in [0, 0.1) is 6.92 Å². The van der Waals surface area contributed by atoms with Gasteiger partial charge in [0.05, 0.1) is 23.8 Å². The lowest BCUT2D eigenvalue weighted by Gasteiger charge is -2.25. The summed E-state index contributed by atoms with van der Waals surface area (Å²) < 4.78 is 5.66. The Balaban J connectivity index is 2.03. The molecule has 0 aliphatic carbocycles. The highest BCUT2D eigenvalue weighted by Crippen LogP contribution is 2.36. The molecule has 3 rings (SSSR count). The number of Topliss-reactive ketones (excluding diaryl/α,β-unsaturated/α-hetero) is 1. The fourth-order valence-electron chi connectivity index (χ4n) is 2.61. The van der Waals surface area contributed by atoms with Crippen LogP contribution in [0.25, 0.3) is 0 Å². The molecule has 1 atom stereocenters. The van der Waals surface area contributed by atoms with E-state index in [0.717, 1.165) is 29.3 Å². The van der Waals surface area contributed by atoms with Crippen molar-refractivity contribution in [2.45, 2.75) is 26.2 Å². The monoisotopic (exact) mass is 268 g/mol. The van der Waals surface area contributed by atoms with E-state index in [2.05, 4.69) is 16.0 Å². The molecule has 4 heteroatoms. The molecular weight excluding hydrogens is 252 g/mol. The third-order valence-corrected chi connectivity index (χ3v) is 3.65. The predicted octanol–water partition coefficient (Wildman–Crippen LogP) is 2.90. The highest BCUT2D eigenvalue weighted by molar-refractivity contribution is 5.94. The summed E-state index contributed by atoms with van der Waals surface area (Å²) in [6.45, 7) is 4.06. The number of carbonyl (C=O) groups excluding carboxylic acids is 1. The molecule has 102 valence electrons. The summed E-state index contributed by atoms with van der Waals surface area (Å²) in [5.74, 6) is 1.81. The van der Waals surface area contributed by atoms with E-state index in [9.17, 15) is 4.79 Å². The number of nitrogens with zero attached hydrogens (tertiary/aromatic N) is 2. The zero-order valence-corrected chi connectivity index (χ0v) is 11.6. The summed E-state index contributed by atoms with van der Waals surface area (Å²) in [4.78, 5) is 20.4. The van der Waals surface area contributed by atoms with Gasteiger partial charge in [-0.25, -0.2) is 9.97 Å². The number of carbonyl (C=O) groups is 1. The molecule has 0 spiro atoms. The maximum atomic E-state index is 11.5. The second-order valence-corrected chi connectivity index (χ2v) is 5.01. The Morgan fingerprint density at radius 3 is 2.90 bits per heavy atom. The third-order valence-electron chi connectivity index (χ3n) is 3.65. The summed E-state index contributed by atoms with van der Waals surface area (Å²) >= 11 is 0. The average Bonchev–Trinajstić information content (AvgIpc) is 2.46. The molecule has 0 radical (unpaired) electrons.